The van der Waals surface area contributed by atoms with E-state index in [0.29, 0.717) is 5.92 Å². The van der Waals surface area contributed by atoms with Gasteiger partial charge in [-0.1, -0.05) is 0 Å². The predicted molar refractivity (Wildman–Crippen MR) is 38.8 cm³/mol. The van der Waals surface area contributed by atoms with Crippen LogP contribution in [0.1, 0.15) is 24.6 Å². The molecule has 1 aliphatic carbocycles. The van der Waals surface area contributed by atoms with Crippen molar-refractivity contribution in [2.45, 2.75) is 24.9 Å². The van der Waals surface area contributed by atoms with Gasteiger partial charge in [0, 0.05) is 5.92 Å². The van der Waals surface area contributed by atoms with Gasteiger partial charge in [0.2, 0.25) is 5.95 Å². The summed E-state index contributed by atoms with van der Waals surface area (Å²) in [5.41, 5.74) is 5.31. The van der Waals surface area contributed by atoms with Crippen LogP contribution in [-0.4, -0.2) is 26.4 Å². The third-order valence-electron chi connectivity index (χ3n) is 2.02. The Morgan fingerprint density at radius 2 is 2.27 bits per heavy atom. The number of aromatic amines is 1. The van der Waals surface area contributed by atoms with Crippen LogP contribution < -0.4 is 5.73 Å². The highest BCUT2D eigenvalue weighted by molar-refractivity contribution is 5.16. The second-order valence-corrected chi connectivity index (χ2v) is 2.90. The Morgan fingerprint density at radius 1 is 1.55 bits per heavy atom. The first-order chi connectivity index (χ1) is 5.25. The topological polar surface area (TPSA) is 87.8 Å². The molecule has 0 aliphatic heterocycles. The Bertz CT molecular complexity index is 253. The zero-order valence-corrected chi connectivity index (χ0v) is 5.99. The van der Waals surface area contributed by atoms with Crippen molar-refractivity contribution in [1.29, 1.82) is 0 Å². The SMILES string of the molecule is Nc1n[nH]c(C2CC(O)C2)n1. The summed E-state index contributed by atoms with van der Waals surface area (Å²) in [5.74, 6) is 1.41. The molecule has 5 heteroatoms. The lowest BCUT2D eigenvalue weighted by Gasteiger charge is -2.28. The van der Waals surface area contributed by atoms with Gasteiger partial charge in [-0.3, -0.25) is 5.10 Å². The largest absolute Gasteiger partial charge is 0.393 e. The van der Waals surface area contributed by atoms with Crippen molar-refractivity contribution in [2.75, 3.05) is 5.73 Å². The summed E-state index contributed by atoms with van der Waals surface area (Å²) in [6.45, 7) is 0. The molecule has 5 nitrogen and oxygen atoms in total. The number of hydrogen-bond acceptors (Lipinski definition) is 4. The summed E-state index contributed by atoms with van der Waals surface area (Å²) in [6, 6.07) is 0. The van der Waals surface area contributed by atoms with Gasteiger partial charge in [-0.05, 0) is 12.8 Å². The van der Waals surface area contributed by atoms with E-state index in [1.54, 1.807) is 0 Å². The van der Waals surface area contributed by atoms with Crippen LogP contribution >= 0.6 is 0 Å². The van der Waals surface area contributed by atoms with E-state index in [9.17, 15) is 0 Å². The van der Waals surface area contributed by atoms with Crippen LogP contribution in [0.3, 0.4) is 0 Å². The number of rotatable bonds is 1. The van der Waals surface area contributed by atoms with Crippen molar-refractivity contribution < 1.29 is 5.11 Å². The number of aromatic nitrogens is 3. The summed E-state index contributed by atoms with van der Waals surface area (Å²) in [4.78, 5) is 3.97. The molecule has 2 rings (SSSR count). The fraction of sp³-hybridized carbons (Fsp3) is 0.667. The summed E-state index contributed by atoms with van der Waals surface area (Å²) in [5, 5.41) is 15.4. The minimum Gasteiger partial charge on any atom is -0.393 e. The van der Waals surface area contributed by atoms with E-state index in [4.69, 9.17) is 10.8 Å². The highest BCUT2D eigenvalue weighted by atomic mass is 16.3. The highest BCUT2D eigenvalue weighted by Crippen LogP contribution is 2.34. The van der Waals surface area contributed by atoms with Gasteiger partial charge < -0.3 is 10.8 Å². The number of aliphatic hydroxyl groups excluding tert-OH is 1. The average Bonchev–Trinajstić information content (AvgIpc) is 2.29. The predicted octanol–water partition coefficient (Wildman–Crippen LogP) is -0.375. The Labute approximate surface area is 63.6 Å². The number of nitrogens with two attached hydrogens (primary N) is 1. The minimum atomic E-state index is -0.161. The van der Waals surface area contributed by atoms with Crippen LogP contribution in [0.2, 0.25) is 0 Å². The van der Waals surface area contributed by atoms with Crippen LogP contribution in [0, 0.1) is 0 Å². The second-order valence-electron chi connectivity index (χ2n) is 2.90. The van der Waals surface area contributed by atoms with E-state index in [2.05, 4.69) is 15.2 Å². The van der Waals surface area contributed by atoms with E-state index in [-0.39, 0.29) is 12.1 Å². The molecule has 0 bridgehead atoms. The fourth-order valence-electron chi connectivity index (χ4n) is 1.28. The number of nitrogens with zero attached hydrogens (tertiary/aromatic N) is 2. The van der Waals surface area contributed by atoms with Crippen molar-refractivity contribution in [1.82, 2.24) is 15.2 Å². The fourth-order valence-corrected chi connectivity index (χ4v) is 1.28. The van der Waals surface area contributed by atoms with Crippen LogP contribution in [0.5, 0.6) is 0 Å². The number of hydrogen-bond donors (Lipinski definition) is 3. The highest BCUT2D eigenvalue weighted by Gasteiger charge is 2.30. The summed E-state index contributed by atoms with van der Waals surface area (Å²) >= 11 is 0. The smallest absolute Gasteiger partial charge is 0.239 e. The zero-order valence-electron chi connectivity index (χ0n) is 5.99. The maximum absolute atomic E-state index is 8.99. The van der Waals surface area contributed by atoms with E-state index < -0.39 is 0 Å². The molecule has 60 valence electrons. The number of anilines is 1. The molecule has 4 N–H and O–H groups in total. The number of H-pyrrole nitrogens is 1. The Hall–Kier alpha value is -1.10. The number of nitrogens with one attached hydrogen (secondary N) is 1. The third-order valence-corrected chi connectivity index (χ3v) is 2.02. The molecule has 1 saturated carbocycles. The quantitative estimate of drug-likeness (QED) is 0.514. The molecule has 1 fully saturated rings. The molecular weight excluding hydrogens is 144 g/mol. The van der Waals surface area contributed by atoms with Crippen molar-refractivity contribution in [3.8, 4) is 0 Å². The van der Waals surface area contributed by atoms with Crippen LogP contribution in [0.4, 0.5) is 5.95 Å². The average molecular weight is 154 g/mol. The van der Waals surface area contributed by atoms with Gasteiger partial charge in [-0.25, -0.2) is 0 Å². The molecule has 1 aromatic rings. The molecule has 1 heterocycles. The molecular formula is C6H10N4O. The Kier molecular flexibility index (Phi) is 1.32. The Balaban J connectivity index is 2.07. The van der Waals surface area contributed by atoms with Gasteiger partial charge >= 0.3 is 0 Å². The maximum Gasteiger partial charge on any atom is 0.239 e. The van der Waals surface area contributed by atoms with Crippen molar-refractivity contribution in [3.63, 3.8) is 0 Å². The van der Waals surface area contributed by atoms with Gasteiger partial charge in [0.1, 0.15) is 5.82 Å². The summed E-state index contributed by atoms with van der Waals surface area (Å²) in [7, 11) is 0. The molecule has 0 aromatic carbocycles. The lowest BCUT2D eigenvalue weighted by Crippen LogP contribution is -2.27. The van der Waals surface area contributed by atoms with E-state index in [0.717, 1.165) is 18.7 Å². The first-order valence-electron chi connectivity index (χ1n) is 3.61. The minimum absolute atomic E-state index is 0.161. The maximum atomic E-state index is 8.99. The first-order valence-corrected chi connectivity index (χ1v) is 3.61. The van der Waals surface area contributed by atoms with Gasteiger partial charge in [0.05, 0.1) is 6.10 Å². The zero-order chi connectivity index (χ0) is 7.84. The van der Waals surface area contributed by atoms with Gasteiger partial charge in [-0.15, -0.1) is 5.10 Å². The normalized spacial score (nSPS) is 29.9. The lowest BCUT2D eigenvalue weighted by atomic mass is 9.82. The third kappa shape index (κ3) is 1.07. The summed E-state index contributed by atoms with van der Waals surface area (Å²) < 4.78 is 0. The lowest BCUT2D eigenvalue weighted by molar-refractivity contribution is 0.0718. The Morgan fingerprint density at radius 3 is 2.73 bits per heavy atom. The van der Waals surface area contributed by atoms with Crippen LogP contribution in [-0.2, 0) is 0 Å². The number of aliphatic hydroxyl groups is 1. The van der Waals surface area contributed by atoms with Crippen molar-refractivity contribution in [2.24, 2.45) is 0 Å². The standard InChI is InChI=1S/C6H10N4O/c7-6-8-5(9-10-6)3-1-4(11)2-3/h3-4,11H,1-2H2,(H3,7,8,9,10). The van der Waals surface area contributed by atoms with Crippen LogP contribution in [0.25, 0.3) is 0 Å². The van der Waals surface area contributed by atoms with Crippen molar-refractivity contribution >= 4 is 5.95 Å². The molecule has 11 heavy (non-hydrogen) atoms. The van der Waals surface area contributed by atoms with E-state index in [1.807, 2.05) is 0 Å². The van der Waals surface area contributed by atoms with Gasteiger partial charge in [0.25, 0.3) is 0 Å². The van der Waals surface area contributed by atoms with E-state index >= 15 is 0 Å². The molecule has 0 amide bonds. The summed E-state index contributed by atoms with van der Waals surface area (Å²) in [6.07, 6.45) is 1.38. The van der Waals surface area contributed by atoms with Crippen molar-refractivity contribution in [3.05, 3.63) is 5.82 Å². The van der Waals surface area contributed by atoms with Crippen LogP contribution in [0.15, 0.2) is 0 Å². The van der Waals surface area contributed by atoms with E-state index in [1.165, 1.54) is 0 Å². The monoisotopic (exact) mass is 154 g/mol. The molecule has 0 atom stereocenters. The first kappa shape index (κ1) is 6.60. The van der Waals surface area contributed by atoms with Gasteiger partial charge in [0.15, 0.2) is 0 Å². The molecule has 0 spiro atoms. The number of nitrogen functional groups attached to an aromatic ring is 1. The second kappa shape index (κ2) is 2.20. The molecule has 1 aliphatic rings. The molecule has 0 unspecified atom stereocenters. The molecule has 1 aromatic heterocycles. The molecule has 0 saturated heterocycles. The molecule has 0 radical (unpaired) electrons. The van der Waals surface area contributed by atoms with Gasteiger partial charge in [-0.2, -0.15) is 4.98 Å².